The van der Waals surface area contributed by atoms with Gasteiger partial charge >= 0.3 is 91.1 Å². The molecular formula is C13H29P. The molecular weight excluding hydrogens is 187 g/mol. The molecule has 0 bridgehead atoms. The SMILES string of the molecule is CC(C)(C)[PH2](C1CCCC1)C(C)(C)C. The molecule has 1 heteroatoms. The summed E-state index contributed by atoms with van der Waals surface area (Å²) in [5, 5.41) is 1.21. The van der Waals surface area contributed by atoms with Crippen molar-refractivity contribution in [2.75, 3.05) is 0 Å². The van der Waals surface area contributed by atoms with Gasteiger partial charge in [0.15, 0.2) is 0 Å². The zero-order valence-corrected chi connectivity index (χ0v) is 12.1. The zero-order chi connectivity index (χ0) is 11.0. The monoisotopic (exact) mass is 216 g/mol. The van der Waals surface area contributed by atoms with Gasteiger partial charge in [-0.2, -0.15) is 0 Å². The van der Waals surface area contributed by atoms with Crippen LogP contribution in [0, 0.1) is 0 Å². The van der Waals surface area contributed by atoms with Crippen LogP contribution in [0.5, 0.6) is 0 Å². The Kier molecular flexibility index (Phi) is 3.68. The van der Waals surface area contributed by atoms with Gasteiger partial charge in [0.25, 0.3) is 0 Å². The Hall–Kier alpha value is 0.430. The molecule has 0 radical (unpaired) electrons. The molecule has 0 aromatic carbocycles. The minimum absolute atomic E-state index is 0.604. The fourth-order valence-corrected chi connectivity index (χ4v) is 10.6. The Bertz CT molecular complexity index is 162. The molecule has 1 fully saturated rings. The number of rotatable bonds is 1. The summed E-state index contributed by atoms with van der Waals surface area (Å²) in [6.45, 7) is 14.9. The van der Waals surface area contributed by atoms with Gasteiger partial charge < -0.3 is 0 Å². The Morgan fingerprint density at radius 3 is 1.43 bits per heavy atom. The van der Waals surface area contributed by atoms with Crippen LogP contribution in [0.25, 0.3) is 0 Å². The van der Waals surface area contributed by atoms with Crippen molar-refractivity contribution >= 4 is 7.92 Å². The predicted octanol–water partition coefficient (Wildman–Crippen LogP) is 4.47. The van der Waals surface area contributed by atoms with Crippen LogP contribution in [0.1, 0.15) is 67.2 Å². The molecule has 0 aromatic heterocycles. The first-order valence-electron chi connectivity index (χ1n) is 6.23. The van der Waals surface area contributed by atoms with Gasteiger partial charge in [-0.3, -0.25) is 0 Å². The van der Waals surface area contributed by atoms with E-state index in [1.165, 1.54) is 25.7 Å². The van der Waals surface area contributed by atoms with Gasteiger partial charge in [0.2, 0.25) is 0 Å². The van der Waals surface area contributed by atoms with E-state index in [1.807, 2.05) is 0 Å². The maximum absolute atomic E-state index is 2.48. The fourth-order valence-electron chi connectivity index (χ4n) is 4.00. The maximum atomic E-state index is 2.48. The van der Waals surface area contributed by atoms with Crippen molar-refractivity contribution in [3.63, 3.8) is 0 Å². The topological polar surface area (TPSA) is 0 Å². The molecule has 0 nitrogen and oxygen atoms in total. The Morgan fingerprint density at radius 1 is 0.786 bits per heavy atom. The van der Waals surface area contributed by atoms with Gasteiger partial charge in [-0.05, 0) is 0 Å². The van der Waals surface area contributed by atoms with Crippen LogP contribution in [0.4, 0.5) is 0 Å². The predicted molar refractivity (Wildman–Crippen MR) is 71.5 cm³/mol. The van der Waals surface area contributed by atoms with Gasteiger partial charge in [0.1, 0.15) is 0 Å². The van der Waals surface area contributed by atoms with Crippen LogP contribution in [0.3, 0.4) is 0 Å². The first-order valence-corrected chi connectivity index (χ1v) is 8.05. The van der Waals surface area contributed by atoms with Gasteiger partial charge in [-0.1, -0.05) is 0 Å². The Morgan fingerprint density at radius 2 is 1.14 bits per heavy atom. The number of hydrogen-bond acceptors (Lipinski definition) is 0. The molecule has 0 aromatic rings. The molecule has 1 saturated carbocycles. The Labute approximate surface area is 91.6 Å². The van der Waals surface area contributed by atoms with Crippen LogP contribution in [0.2, 0.25) is 0 Å². The van der Waals surface area contributed by atoms with Crippen LogP contribution < -0.4 is 0 Å². The molecule has 1 aliphatic rings. The first kappa shape index (κ1) is 12.5. The summed E-state index contributed by atoms with van der Waals surface area (Å²) >= 11 is 0. The van der Waals surface area contributed by atoms with E-state index < -0.39 is 7.92 Å². The molecule has 0 aliphatic heterocycles. The van der Waals surface area contributed by atoms with Crippen molar-refractivity contribution in [3.05, 3.63) is 0 Å². The molecule has 14 heavy (non-hydrogen) atoms. The molecule has 0 unspecified atom stereocenters. The third-order valence-electron chi connectivity index (χ3n) is 3.74. The number of hydrogen-bond donors (Lipinski definition) is 0. The van der Waals surface area contributed by atoms with Crippen molar-refractivity contribution in [2.24, 2.45) is 0 Å². The molecule has 1 aliphatic carbocycles. The third-order valence-corrected chi connectivity index (χ3v) is 9.08. The van der Waals surface area contributed by atoms with Crippen molar-refractivity contribution < 1.29 is 0 Å². The normalized spacial score (nSPS) is 21.4. The second-order valence-corrected chi connectivity index (χ2v) is 12.6. The molecule has 86 valence electrons. The van der Waals surface area contributed by atoms with Crippen LogP contribution in [-0.2, 0) is 0 Å². The molecule has 0 amide bonds. The molecule has 0 saturated heterocycles. The first-order chi connectivity index (χ1) is 6.23. The molecule has 0 heterocycles. The summed E-state index contributed by atoms with van der Waals surface area (Å²) in [6, 6.07) is 0. The Balaban J connectivity index is 2.82. The molecule has 0 atom stereocenters. The third kappa shape index (κ3) is 2.96. The van der Waals surface area contributed by atoms with Crippen LogP contribution in [0.15, 0.2) is 0 Å². The van der Waals surface area contributed by atoms with Gasteiger partial charge in [0.05, 0.1) is 0 Å². The van der Waals surface area contributed by atoms with Crippen molar-refractivity contribution in [1.82, 2.24) is 0 Å². The summed E-state index contributed by atoms with van der Waals surface area (Å²) < 4.78 is 0. The second-order valence-electron chi connectivity index (χ2n) is 7.25. The standard InChI is InChI=1S/C13H29P/c1-12(2,3)14(13(4,5)6)11-9-7-8-10-11/h11H,7-10,14H2,1-6H3. The van der Waals surface area contributed by atoms with Gasteiger partial charge in [-0.15, -0.1) is 0 Å². The van der Waals surface area contributed by atoms with E-state index in [2.05, 4.69) is 41.5 Å². The molecule has 1 rings (SSSR count). The van der Waals surface area contributed by atoms with E-state index >= 15 is 0 Å². The van der Waals surface area contributed by atoms with Crippen molar-refractivity contribution in [1.29, 1.82) is 0 Å². The fraction of sp³-hybridized carbons (Fsp3) is 1.00. The average molecular weight is 216 g/mol. The quantitative estimate of drug-likeness (QED) is 0.567. The summed E-state index contributed by atoms with van der Waals surface area (Å²) in [5.41, 5.74) is 1.12. The van der Waals surface area contributed by atoms with Crippen LogP contribution in [-0.4, -0.2) is 16.0 Å². The zero-order valence-electron chi connectivity index (χ0n) is 11.0. The molecule has 0 spiro atoms. The van der Waals surface area contributed by atoms with E-state index in [9.17, 15) is 0 Å². The van der Waals surface area contributed by atoms with Crippen molar-refractivity contribution in [3.8, 4) is 0 Å². The average Bonchev–Trinajstić information content (AvgIpc) is 2.31. The van der Waals surface area contributed by atoms with E-state index in [4.69, 9.17) is 0 Å². The molecule has 0 N–H and O–H groups in total. The summed E-state index contributed by atoms with van der Waals surface area (Å²) in [4.78, 5) is 0. The van der Waals surface area contributed by atoms with E-state index in [-0.39, 0.29) is 0 Å². The summed E-state index contributed by atoms with van der Waals surface area (Å²) in [5.74, 6) is 0. The summed E-state index contributed by atoms with van der Waals surface area (Å²) in [6.07, 6.45) is 6.07. The minimum atomic E-state index is -0.663. The van der Waals surface area contributed by atoms with Crippen LogP contribution >= 0.6 is 7.92 Å². The second kappa shape index (κ2) is 4.12. The van der Waals surface area contributed by atoms with Crippen molar-refractivity contribution in [2.45, 2.75) is 83.2 Å². The van der Waals surface area contributed by atoms with E-state index in [0.717, 1.165) is 5.66 Å². The summed E-state index contributed by atoms with van der Waals surface area (Å²) in [7, 11) is -0.663. The van der Waals surface area contributed by atoms with Gasteiger partial charge in [-0.25, -0.2) is 0 Å². The van der Waals surface area contributed by atoms with E-state index in [1.54, 1.807) is 0 Å². The van der Waals surface area contributed by atoms with Gasteiger partial charge in [0, 0.05) is 0 Å². The van der Waals surface area contributed by atoms with E-state index in [0.29, 0.717) is 10.3 Å².